The Labute approximate surface area is 96.9 Å². The molecule has 2 fully saturated rings. The first-order chi connectivity index (χ1) is 7.66. The number of Topliss-reactive ketones (excluding diaryl/α,β-unsaturated/α-hetero) is 1. The predicted octanol–water partition coefficient (Wildman–Crippen LogP) is 3.53. The second-order valence-corrected chi connectivity index (χ2v) is 5.54. The minimum absolute atomic E-state index is 0.323. The van der Waals surface area contributed by atoms with Crippen LogP contribution in [0, 0.1) is 31.6 Å². The zero-order valence-electron chi connectivity index (χ0n) is 9.99. The number of aryl methyl sites for hydroxylation is 1. The van der Waals surface area contributed by atoms with Crippen LogP contribution in [0.1, 0.15) is 40.7 Å². The van der Waals surface area contributed by atoms with Crippen LogP contribution >= 0.6 is 0 Å². The molecule has 1 nitrogen and oxygen atoms in total. The molecule has 0 heterocycles. The van der Waals surface area contributed by atoms with Gasteiger partial charge < -0.3 is 0 Å². The van der Waals surface area contributed by atoms with Gasteiger partial charge in [0.15, 0.2) is 5.78 Å². The zero-order valence-corrected chi connectivity index (χ0v) is 9.99. The third-order valence-electron chi connectivity index (χ3n) is 4.48. The van der Waals surface area contributed by atoms with Crippen LogP contribution in [0.25, 0.3) is 0 Å². The molecule has 1 aromatic carbocycles. The summed E-state index contributed by atoms with van der Waals surface area (Å²) >= 11 is 0. The van der Waals surface area contributed by atoms with Crippen molar-refractivity contribution in [2.75, 3.05) is 0 Å². The molecule has 16 heavy (non-hydrogen) atoms. The minimum atomic E-state index is 0.323. The summed E-state index contributed by atoms with van der Waals surface area (Å²) in [6.45, 7) is 4.15. The van der Waals surface area contributed by atoms with Crippen LogP contribution < -0.4 is 0 Å². The van der Waals surface area contributed by atoms with Gasteiger partial charge in [0.25, 0.3) is 0 Å². The first-order valence-corrected chi connectivity index (χ1v) is 6.27. The van der Waals surface area contributed by atoms with Gasteiger partial charge in [0, 0.05) is 11.5 Å². The van der Waals surface area contributed by atoms with E-state index in [-0.39, 0.29) is 0 Å². The minimum Gasteiger partial charge on any atom is -0.294 e. The molecular weight excluding hydrogens is 196 g/mol. The van der Waals surface area contributed by atoms with Crippen molar-refractivity contribution in [3.05, 3.63) is 34.9 Å². The van der Waals surface area contributed by atoms with Crippen LogP contribution in [0.2, 0.25) is 0 Å². The van der Waals surface area contributed by atoms with E-state index in [4.69, 9.17) is 0 Å². The van der Waals surface area contributed by atoms with E-state index in [2.05, 4.69) is 19.9 Å². The molecule has 1 aromatic rings. The van der Waals surface area contributed by atoms with Crippen molar-refractivity contribution in [3.8, 4) is 0 Å². The Morgan fingerprint density at radius 1 is 1.12 bits per heavy atom. The van der Waals surface area contributed by atoms with Gasteiger partial charge in [-0.15, -0.1) is 0 Å². The Morgan fingerprint density at radius 3 is 2.50 bits per heavy atom. The van der Waals surface area contributed by atoms with Crippen molar-refractivity contribution in [2.24, 2.45) is 17.8 Å². The summed E-state index contributed by atoms with van der Waals surface area (Å²) in [7, 11) is 0. The van der Waals surface area contributed by atoms with Crippen molar-refractivity contribution in [1.29, 1.82) is 0 Å². The smallest absolute Gasteiger partial charge is 0.166 e. The molecule has 0 saturated heterocycles. The molecule has 2 atom stereocenters. The fraction of sp³-hybridized carbons (Fsp3) is 0.533. The lowest BCUT2D eigenvalue weighted by Crippen LogP contribution is -2.14. The van der Waals surface area contributed by atoms with E-state index in [1.165, 1.54) is 17.5 Å². The Kier molecular flexibility index (Phi) is 2.17. The number of ketones is 1. The summed E-state index contributed by atoms with van der Waals surface area (Å²) in [5.74, 6) is 2.50. The van der Waals surface area contributed by atoms with Crippen molar-refractivity contribution in [3.63, 3.8) is 0 Å². The maximum absolute atomic E-state index is 12.4. The van der Waals surface area contributed by atoms with Gasteiger partial charge in [0.1, 0.15) is 0 Å². The standard InChI is InChI=1S/C15H18O/c1-9-4-3-5-14(10(9)2)15(16)13-7-11-6-12(11)8-13/h3-5,11-13H,6-8H2,1-2H3. The monoisotopic (exact) mass is 214 g/mol. The second-order valence-electron chi connectivity index (χ2n) is 5.54. The van der Waals surface area contributed by atoms with Crippen LogP contribution in [0.4, 0.5) is 0 Å². The lowest BCUT2D eigenvalue weighted by molar-refractivity contribution is 0.0913. The van der Waals surface area contributed by atoms with Crippen molar-refractivity contribution in [2.45, 2.75) is 33.1 Å². The number of hydrogen-bond acceptors (Lipinski definition) is 1. The fourth-order valence-electron chi connectivity index (χ4n) is 3.17. The number of hydrogen-bond donors (Lipinski definition) is 0. The van der Waals surface area contributed by atoms with E-state index in [0.29, 0.717) is 11.7 Å². The molecule has 2 aliphatic carbocycles. The molecule has 3 rings (SSSR count). The third-order valence-corrected chi connectivity index (χ3v) is 4.48. The first kappa shape index (κ1) is 10.1. The highest BCUT2D eigenvalue weighted by molar-refractivity contribution is 5.99. The normalized spacial score (nSPS) is 31.2. The van der Waals surface area contributed by atoms with Gasteiger partial charge in [0.2, 0.25) is 0 Å². The molecule has 0 aliphatic heterocycles. The van der Waals surface area contributed by atoms with Gasteiger partial charge >= 0.3 is 0 Å². The average molecular weight is 214 g/mol. The summed E-state index contributed by atoms with van der Waals surface area (Å²) < 4.78 is 0. The van der Waals surface area contributed by atoms with Gasteiger partial charge in [-0.05, 0) is 56.1 Å². The molecule has 0 amide bonds. The van der Waals surface area contributed by atoms with E-state index >= 15 is 0 Å². The van der Waals surface area contributed by atoms with E-state index in [1.807, 2.05) is 12.1 Å². The largest absolute Gasteiger partial charge is 0.294 e. The summed E-state index contributed by atoms with van der Waals surface area (Å²) in [6.07, 6.45) is 3.68. The van der Waals surface area contributed by atoms with Gasteiger partial charge in [0.05, 0.1) is 0 Å². The lowest BCUT2D eigenvalue weighted by Gasteiger charge is -2.13. The van der Waals surface area contributed by atoms with Crippen LogP contribution in [-0.4, -0.2) is 5.78 Å². The summed E-state index contributed by atoms with van der Waals surface area (Å²) in [5, 5.41) is 0. The molecule has 2 unspecified atom stereocenters. The summed E-state index contributed by atoms with van der Waals surface area (Å²) in [6, 6.07) is 6.08. The fourth-order valence-corrected chi connectivity index (χ4v) is 3.17. The molecule has 84 valence electrons. The molecule has 0 spiro atoms. The van der Waals surface area contributed by atoms with E-state index < -0.39 is 0 Å². The van der Waals surface area contributed by atoms with E-state index in [1.54, 1.807) is 0 Å². The highest BCUT2D eigenvalue weighted by Crippen LogP contribution is 2.55. The third kappa shape index (κ3) is 1.50. The summed E-state index contributed by atoms with van der Waals surface area (Å²) in [5.41, 5.74) is 3.37. The molecule has 2 saturated carbocycles. The maximum Gasteiger partial charge on any atom is 0.166 e. The Balaban J connectivity index is 1.86. The molecule has 0 N–H and O–H groups in total. The highest BCUT2D eigenvalue weighted by Gasteiger charge is 2.48. The van der Waals surface area contributed by atoms with Crippen LogP contribution in [0.3, 0.4) is 0 Å². The van der Waals surface area contributed by atoms with E-state index in [0.717, 1.165) is 30.2 Å². The van der Waals surface area contributed by atoms with Crippen LogP contribution in [0.15, 0.2) is 18.2 Å². The first-order valence-electron chi connectivity index (χ1n) is 6.27. The topological polar surface area (TPSA) is 17.1 Å². The second kappa shape index (κ2) is 3.44. The number of carbonyl (C=O) groups excluding carboxylic acids is 1. The molecule has 1 heteroatoms. The molecule has 0 radical (unpaired) electrons. The maximum atomic E-state index is 12.4. The molecule has 2 aliphatic rings. The lowest BCUT2D eigenvalue weighted by atomic mass is 9.90. The molecule has 0 bridgehead atoms. The average Bonchev–Trinajstić information content (AvgIpc) is 2.89. The highest BCUT2D eigenvalue weighted by atomic mass is 16.1. The molecular formula is C15H18O. The van der Waals surface area contributed by atoms with Crippen molar-refractivity contribution >= 4 is 5.78 Å². The molecule has 0 aromatic heterocycles. The Hall–Kier alpha value is -1.11. The SMILES string of the molecule is Cc1cccc(C(=O)C2CC3CC3C2)c1C. The Morgan fingerprint density at radius 2 is 1.81 bits per heavy atom. The number of carbonyl (C=O) groups is 1. The number of benzene rings is 1. The van der Waals surface area contributed by atoms with Crippen molar-refractivity contribution in [1.82, 2.24) is 0 Å². The van der Waals surface area contributed by atoms with Gasteiger partial charge in [-0.3, -0.25) is 4.79 Å². The van der Waals surface area contributed by atoms with Crippen LogP contribution in [0.5, 0.6) is 0 Å². The number of rotatable bonds is 2. The summed E-state index contributed by atoms with van der Waals surface area (Å²) in [4.78, 5) is 12.4. The number of fused-ring (bicyclic) bond motifs is 1. The van der Waals surface area contributed by atoms with E-state index in [9.17, 15) is 4.79 Å². The van der Waals surface area contributed by atoms with Gasteiger partial charge in [-0.1, -0.05) is 18.2 Å². The van der Waals surface area contributed by atoms with Gasteiger partial charge in [-0.2, -0.15) is 0 Å². The Bertz CT molecular complexity index is 437. The zero-order chi connectivity index (χ0) is 11.3. The van der Waals surface area contributed by atoms with Gasteiger partial charge in [-0.25, -0.2) is 0 Å². The predicted molar refractivity (Wildman–Crippen MR) is 64.6 cm³/mol. The van der Waals surface area contributed by atoms with Crippen LogP contribution in [-0.2, 0) is 0 Å². The quantitative estimate of drug-likeness (QED) is 0.688. The van der Waals surface area contributed by atoms with Crippen molar-refractivity contribution < 1.29 is 4.79 Å².